The second kappa shape index (κ2) is 8.38. The number of aryl methyl sites for hydroxylation is 1. The molecule has 0 aliphatic carbocycles. The van der Waals surface area contributed by atoms with Crippen molar-refractivity contribution in [2.75, 3.05) is 20.2 Å². The van der Waals surface area contributed by atoms with Crippen molar-refractivity contribution in [2.45, 2.75) is 25.7 Å². The third kappa shape index (κ3) is 3.98. The molecule has 2 aromatic carbocycles. The van der Waals surface area contributed by atoms with Gasteiger partial charge in [-0.05, 0) is 61.4 Å². The van der Waals surface area contributed by atoms with E-state index in [0.717, 1.165) is 43.6 Å². The summed E-state index contributed by atoms with van der Waals surface area (Å²) < 4.78 is 5.32. The van der Waals surface area contributed by atoms with Gasteiger partial charge in [0.15, 0.2) is 0 Å². The van der Waals surface area contributed by atoms with E-state index in [1.807, 2.05) is 35.2 Å². The van der Waals surface area contributed by atoms with Crippen LogP contribution < -0.4 is 4.74 Å². The first-order valence-electron chi connectivity index (χ1n) is 9.86. The number of hydrogen-bond donors (Lipinski definition) is 0. The molecule has 5 heteroatoms. The molecule has 1 unspecified atom stereocenters. The van der Waals surface area contributed by atoms with Crippen LogP contribution in [0.3, 0.4) is 0 Å². The Labute approximate surface area is 165 Å². The van der Waals surface area contributed by atoms with Crippen LogP contribution in [0, 0.1) is 5.92 Å². The zero-order chi connectivity index (χ0) is 19.3. The third-order valence-electron chi connectivity index (χ3n) is 5.51. The van der Waals surface area contributed by atoms with E-state index in [2.05, 4.69) is 22.1 Å². The Morgan fingerprint density at radius 3 is 2.93 bits per heavy atom. The maximum Gasteiger partial charge on any atom is 0.256 e. The summed E-state index contributed by atoms with van der Waals surface area (Å²) in [5, 5.41) is 0. The molecular formula is C23H25N3O2. The number of ether oxygens (including phenoxy) is 1. The van der Waals surface area contributed by atoms with E-state index in [0.29, 0.717) is 17.0 Å². The molecule has 1 amide bonds. The Hall–Kier alpha value is -2.95. The van der Waals surface area contributed by atoms with E-state index in [1.165, 1.54) is 12.0 Å². The summed E-state index contributed by atoms with van der Waals surface area (Å²) in [6.07, 6.45) is 7.60. The molecular weight excluding hydrogens is 350 g/mol. The van der Waals surface area contributed by atoms with Crippen LogP contribution in [0.5, 0.6) is 5.75 Å². The van der Waals surface area contributed by atoms with Crippen molar-refractivity contribution in [3.05, 3.63) is 66.0 Å². The molecule has 0 bridgehead atoms. The molecule has 0 saturated carbocycles. The molecule has 4 rings (SSSR count). The maximum atomic E-state index is 13.2. The third-order valence-corrected chi connectivity index (χ3v) is 5.51. The lowest BCUT2D eigenvalue weighted by molar-refractivity contribution is 0.0670. The van der Waals surface area contributed by atoms with Crippen molar-refractivity contribution in [3.8, 4) is 5.75 Å². The van der Waals surface area contributed by atoms with E-state index < -0.39 is 0 Å². The van der Waals surface area contributed by atoms with Gasteiger partial charge >= 0.3 is 0 Å². The number of para-hydroxylation sites is 1. The van der Waals surface area contributed by atoms with Crippen molar-refractivity contribution < 1.29 is 9.53 Å². The predicted molar refractivity (Wildman–Crippen MR) is 109 cm³/mol. The highest BCUT2D eigenvalue weighted by molar-refractivity contribution is 6.04. The van der Waals surface area contributed by atoms with Crippen molar-refractivity contribution in [2.24, 2.45) is 5.92 Å². The number of nitrogens with zero attached hydrogens (tertiary/aromatic N) is 3. The zero-order valence-corrected chi connectivity index (χ0v) is 16.2. The fraction of sp³-hybridized carbons (Fsp3) is 0.348. The van der Waals surface area contributed by atoms with Crippen molar-refractivity contribution in [1.29, 1.82) is 0 Å². The molecule has 1 aliphatic heterocycles. The van der Waals surface area contributed by atoms with Gasteiger partial charge in [-0.1, -0.05) is 18.2 Å². The number of benzene rings is 2. The minimum atomic E-state index is 0.0668. The van der Waals surface area contributed by atoms with E-state index in [9.17, 15) is 4.79 Å². The molecule has 1 fully saturated rings. The Balaban J connectivity index is 1.43. The van der Waals surface area contributed by atoms with Crippen LogP contribution in [-0.4, -0.2) is 41.0 Å². The fourth-order valence-corrected chi connectivity index (χ4v) is 4.02. The van der Waals surface area contributed by atoms with Gasteiger partial charge in [-0.2, -0.15) is 0 Å². The smallest absolute Gasteiger partial charge is 0.256 e. The van der Waals surface area contributed by atoms with Gasteiger partial charge in [0, 0.05) is 25.5 Å². The molecule has 1 atom stereocenters. The van der Waals surface area contributed by atoms with Gasteiger partial charge in [-0.15, -0.1) is 0 Å². The zero-order valence-electron chi connectivity index (χ0n) is 16.2. The fourth-order valence-electron chi connectivity index (χ4n) is 4.02. The van der Waals surface area contributed by atoms with Crippen LogP contribution >= 0.6 is 0 Å². The number of likely N-dealkylation sites (tertiary alicyclic amines) is 1. The van der Waals surface area contributed by atoms with Gasteiger partial charge in [-0.3, -0.25) is 14.8 Å². The van der Waals surface area contributed by atoms with E-state index >= 15 is 0 Å². The van der Waals surface area contributed by atoms with E-state index in [-0.39, 0.29) is 5.91 Å². The molecule has 0 spiro atoms. The number of aromatic nitrogens is 2. The molecule has 1 aliphatic rings. The first-order valence-corrected chi connectivity index (χ1v) is 9.86. The quantitative estimate of drug-likeness (QED) is 0.673. The molecule has 0 radical (unpaired) electrons. The average Bonchev–Trinajstić information content (AvgIpc) is 2.77. The van der Waals surface area contributed by atoms with Crippen molar-refractivity contribution >= 4 is 16.9 Å². The summed E-state index contributed by atoms with van der Waals surface area (Å²) in [5.41, 5.74) is 3.39. The SMILES string of the molecule is COc1cccc(CCC2CCCN(C(=O)c3cccc4nccnc34)C2)c1. The highest BCUT2D eigenvalue weighted by Crippen LogP contribution is 2.25. The van der Waals surface area contributed by atoms with Crippen LogP contribution in [-0.2, 0) is 6.42 Å². The molecule has 0 N–H and O–H groups in total. The lowest BCUT2D eigenvalue weighted by Crippen LogP contribution is -2.40. The Kier molecular flexibility index (Phi) is 5.51. The minimum Gasteiger partial charge on any atom is -0.497 e. The standard InChI is InChI=1S/C23H25N3O2/c1-28-19-7-2-5-17(15-19)10-11-18-6-4-14-26(16-18)23(27)20-8-3-9-21-22(20)25-13-12-24-21/h2-3,5,7-9,12-13,15,18H,4,6,10-11,14,16H2,1H3. The van der Waals surface area contributed by atoms with Crippen LogP contribution in [0.15, 0.2) is 54.9 Å². The van der Waals surface area contributed by atoms with Gasteiger partial charge in [0.1, 0.15) is 11.3 Å². The summed E-state index contributed by atoms with van der Waals surface area (Å²) in [7, 11) is 1.70. The minimum absolute atomic E-state index is 0.0668. The number of carbonyl (C=O) groups excluding carboxylic acids is 1. The molecule has 2 heterocycles. The molecule has 1 saturated heterocycles. The number of rotatable bonds is 5. The van der Waals surface area contributed by atoms with E-state index in [4.69, 9.17) is 4.74 Å². The summed E-state index contributed by atoms with van der Waals surface area (Å²) in [6.45, 7) is 1.62. The maximum absolute atomic E-state index is 13.2. The molecule has 144 valence electrons. The first-order chi connectivity index (χ1) is 13.7. The summed E-state index contributed by atoms with van der Waals surface area (Å²) in [4.78, 5) is 23.9. The summed E-state index contributed by atoms with van der Waals surface area (Å²) in [5.74, 6) is 1.48. The van der Waals surface area contributed by atoms with Gasteiger partial charge in [0.2, 0.25) is 0 Å². The largest absolute Gasteiger partial charge is 0.497 e. The van der Waals surface area contributed by atoms with Gasteiger partial charge < -0.3 is 9.64 Å². The highest BCUT2D eigenvalue weighted by atomic mass is 16.5. The van der Waals surface area contributed by atoms with Crippen LogP contribution in [0.1, 0.15) is 35.2 Å². The second-order valence-electron chi connectivity index (χ2n) is 7.38. The molecule has 5 nitrogen and oxygen atoms in total. The Bertz CT molecular complexity index is 967. The number of hydrogen-bond acceptors (Lipinski definition) is 4. The molecule has 1 aromatic heterocycles. The van der Waals surface area contributed by atoms with Gasteiger partial charge in [0.05, 0.1) is 18.2 Å². The van der Waals surface area contributed by atoms with Gasteiger partial charge in [0.25, 0.3) is 5.91 Å². The number of carbonyl (C=O) groups is 1. The number of fused-ring (bicyclic) bond motifs is 1. The normalized spacial score (nSPS) is 16.9. The number of amides is 1. The van der Waals surface area contributed by atoms with Crippen LogP contribution in [0.25, 0.3) is 11.0 Å². The highest BCUT2D eigenvalue weighted by Gasteiger charge is 2.25. The van der Waals surface area contributed by atoms with Crippen molar-refractivity contribution in [1.82, 2.24) is 14.9 Å². The number of piperidine rings is 1. The second-order valence-corrected chi connectivity index (χ2v) is 7.38. The lowest BCUT2D eigenvalue weighted by atomic mass is 9.91. The molecule has 3 aromatic rings. The monoisotopic (exact) mass is 375 g/mol. The van der Waals surface area contributed by atoms with Crippen LogP contribution in [0.4, 0.5) is 0 Å². The lowest BCUT2D eigenvalue weighted by Gasteiger charge is -2.33. The van der Waals surface area contributed by atoms with Crippen LogP contribution in [0.2, 0.25) is 0 Å². The predicted octanol–water partition coefficient (Wildman–Crippen LogP) is 4.12. The Morgan fingerprint density at radius 1 is 1.18 bits per heavy atom. The number of methoxy groups -OCH3 is 1. The summed E-state index contributed by atoms with van der Waals surface area (Å²) in [6, 6.07) is 13.9. The first kappa shape index (κ1) is 18.4. The van der Waals surface area contributed by atoms with E-state index in [1.54, 1.807) is 19.5 Å². The molecule has 28 heavy (non-hydrogen) atoms. The van der Waals surface area contributed by atoms with Crippen molar-refractivity contribution in [3.63, 3.8) is 0 Å². The summed E-state index contributed by atoms with van der Waals surface area (Å²) >= 11 is 0. The average molecular weight is 375 g/mol. The topological polar surface area (TPSA) is 55.3 Å². The van der Waals surface area contributed by atoms with Gasteiger partial charge in [-0.25, -0.2) is 0 Å². The Morgan fingerprint density at radius 2 is 2.04 bits per heavy atom.